The van der Waals surface area contributed by atoms with Crippen molar-refractivity contribution in [3.05, 3.63) is 22.9 Å². The summed E-state index contributed by atoms with van der Waals surface area (Å²) < 4.78 is 2.51. The van der Waals surface area contributed by atoms with Crippen LogP contribution in [0.1, 0.15) is 33.6 Å². The quantitative estimate of drug-likeness (QED) is 0.831. The summed E-state index contributed by atoms with van der Waals surface area (Å²) in [5.74, 6) is 0.716. The first-order valence-electron chi connectivity index (χ1n) is 8.02. The number of nitrogens with zero attached hydrogens (tertiary/aromatic N) is 4. The van der Waals surface area contributed by atoms with Crippen LogP contribution >= 0.6 is 15.9 Å². The van der Waals surface area contributed by atoms with E-state index in [1.807, 2.05) is 12.3 Å². The van der Waals surface area contributed by atoms with Crippen molar-refractivity contribution in [3.63, 3.8) is 0 Å². The first kappa shape index (κ1) is 17.0. The van der Waals surface area contributed by atoms with Gasteiger partial charge in [-0.1, -0.05) is 20.8 Å². The van der Waals surface area contributed by atoms with E-state index in [1.54, 1.807) is 15.6 Å². The zero-order valence-corrected chi connectivity index (χ0v) is 15.6. The number of carbonyl (C=O) groups is 1. The molecule has 2 atom stereocenters. The second-order valence-corrected chi connectivity index (χ2v) is 8.11. The fraction of sp³-hybridized carbons (Fsp3) is 0.562. The fourth-order valence-electron chi connectivity index (χ4n) is 3.38. The number of rotatable bonds is 3. The van der Waals surface area contributed by atoms with Crippen molar-refractivity contribution in [2.45, 2.75) is 45.7 Å². The summed E-state index contributed by atoms with van der Waals surface area (Å²) in [5.41, 5.74) is 0.668. The van der Waals surface area contributed by atoms with Crippen molar-refractivity contribution >= 4 is 33.5 Å². The zero-order chi connectivity index (χ0) is 17.5. The van der Waals surface area contributed by atoms with Crippen LogP contribution in [0, 0.1) is 5.41 Å². The molecular formula is C16H22BrN5O2. The minimum absolute atomic E-state index is 0.0428. The number of halogens is 1. The predicted octanol–water partition coefficient (Wildman–Crippen LogP) is 3.46. The number of hydrogen-bond acceptors (Lipinski definition) is 4. The minimum Gasteiger partial charge on any atom is -0.465 e. The van der Waals surface area contributed by atoms with Crippen molar-refractivity contribution in [1.82, 2.24) is 19.5 Å². The smallest absolute Gasteiger partial charge is 0.407 e. The standard InChI is InChI=1S/C16H22BrN5O2/c1-16(2,3)12-5-4-10(22(12)15(23)24)8-18-13-6-7-21-14(20-13)11(17)9-19-21/h6-7,9-10,12H,4-5,8H2,1-3H3,(H,18,20)(H,23,24). The van der Waals surface area contributed by atoms with Gasteiger partial charge in [-0.25, -0.2) is 14.3 Å². The molecule has 7 nitrogen and oxygen atoms in total. The average molecular weight is 396 g/mol. The first-order chi connectivity index (χ1) is 11.3. The summed E-state index contributed by atoms with van der Waals surface area (Å²) in [6.45, 7) is 6.83. The van der Waals surface area contributed by atoms with E-state index < -0.39 is 6.09 Å². The number of anilines is 1. The molecule has 1 amide bonds. The highest BCUT2D eigenvalue weighted by atomic mass is 79.9. The maximum Gasteiger partial charge on any atom is 0.407 e. The van der Waals surface area contributed by atoms with E-state index in [0.717, 1.165) is 23.0 Å². The molecular weight excluding hydrogens is 374 g/mol. The molecule has 3 rings (SSSR count). The Bertz CT molecular complexity index is 754. The molecule has 24 heavy (non-hydrogen) atoms. The molecule has 1 saturated heterocycles. The zero-order valence-electron chi connectivity index (χ0n) is 14.0. The average Bonchev–Trinajstić information content (AvgIpc) is 3.09. The number of amides is 1. The second kappa shape index (κ2) is 6.23. The van der Waals surface area contributed by atoms with Gasteiger partial charge in [-0.3, -0.25) is 0 Å². The third-order valence-electron chi connectivity index (χ3n) is 4.57. The lowest BCUT2D eigenvalue weighted by Crippen LogP contribution is -2.48. The van der Waals surface area contributed by atoms with Gasteiger partial charge in [-0.2, -0.15) is 5.10 Å². The van der Waals surface area contributed by atoms with E-state index in [1.165, 1.54) is 0 Å². The van der Waals surface area contributed by atoms with Gasteiger partial charge in [0.25, 0.3) is 0 Å². The van der Waals surface area contributed by atoms with Gasteiger partial charge in [0, 0.05) is 18.8 Å². The Labute approximate surface area is 149 Å². The molecule has 2 N–H and O–H groups in total. The topological polar surface area (TPSA) is 82.8 Å². The normalized spacial score (nSPS) is 21.4. The monoisotopic (exact) mass is 395 g/mol. The number of fused-ring (bicyclic) bond motifs is 1. The lowest BCUT2D eigenvalue weighted by atomic mass is 9.85. The highest BCUT2D eigenvalue weighted by molar-refractivity contribution is 9.10. The molecule has 2 aromatic heterocycles. The molecule has 0 bridgehead atoms. The van der Waals surface area contributed by atoms with Gasteiger partial charge in [0.2, 0.25) is 0 Å². The Morgan fingerprint density at radius 1 is 1.46 bits per heavy atom. The molecule has 0 aliphatic carbocycles. The van der Waals surface area contributed by atoms with E-state index >= 15 is 0 Å². The van der Waals surface area contributed by atoms with Crippen LogP contribution in [0.5, 0.6) is 0 Å². The van der Waals surface area contributed by atoms with Crippen LogP contribution in [0.15, 0.2) is 22.9 Å². The number of carboxylic acid groups (broad SMARTS) is 1. The Morgan fingerprint density at radius 2 is 2.21 bits per heavy atom. The van der Waals surface area contributed by atoms with Crippen LogP contribution in [0.4, 0.5) is 10.6 Å². The molecule has 0 saturated carbocycles. The van der Waals surface area contributed by atoms with E-state index in [0.29, 0.717) is 12.4 Å². The second-order valence-electron chi connectivity index (χ2n) is 7.26. The molecule has 2 aromatic rings. The summed E-state index contributed by atoms with van der Waals surface area (Å²) >= 11 is 3.42. The van der Waals surface area contributed by atoms with Crippen molar-refractivity contribution in [3.8, 4) is 0 Å². The maximum absolute atomic E-state index is 11.7. The molecule has 3 heterocycles. The van der Waals surface area contributed by atoms with Crippen molar-refractivity contribution in [1.29, 1.82) is 0 Å². The SMILES string of the molecule is CC(C)(C)C1CCC(CNc2ccn3ncc(Br)c3n2)N1C(=O)O. The summed E-state index contributed by atoms with van der Waals surface area (Å²) in [7, 11) is 0. The van der Waals surface area contributed by atoms with Crippen LogP contribution in [-0.4, -0.2) is 49.3 Å². The molecule has 8 heteroatoms. The van der Waals surface area contributed by atoms with Crippen LogP contribution in [0.3, 0.4) is 0 Å². The minimum atomic E-state index is -0.846. The molecule has 1 aliphatic heterocycles. The molecule has 0 radical (unpaired) electrons. The summed E-state index contributed by atoms with van der Waals surface area (Å²) in [6, 6.07) is 1.84. The van der Waals surface area contributed by atoms with Crippen LogP contribution in [0.25, 0.3) is 5.65 Å². The molecule has 0 aromatic carbocycles. The summed E-state index contributed by atoms with van der Waals surface area (Å²) in [5, 5.41) is 17.1. The molecule has 1 aliphatic rings. The van der Waals surface area contributed by atoms with Gasteiger partial charge >= 0.3 is 6.09 Å². The van der Waals surface area contributed by atoms with E-state index in [-0.39, 0.29) is 17.5 Å². The van der Waals surface area contributed by atoms with Gasteiger partial charge in [0.1, 0.15) is 5.82 Å². The van der Waals surface area contributed by atoms with E-state index in [9.17, 15) is 9.90 Å². The van der Waals surface area contributed by atoms with Gasteiger partial charge in [-0.15, -0.1) is 0 Å². The van der Waals surface area contributed by atoms with Crippen molar-refractivity contribution in [2.24, 2.45) is 5.41 Å². The van der Waals surface area contributed by atoms with Crippen LogP contribution in [0.2, 0.25) is 0 Å². The lowest BCUT2D eigenvalue weighted by Gasteiger charge is -2.36. The van der Waals surface area contributed by atoms with Crippen molar-refractivity contribution < 1.29 is 9.90 Å². The number of hydrogen-bond donors (Lipinski definition) is 2. The predicted molar refractivity (Wildman–Crippen MR) is 95.3 cm³/mol. The Balaban J connectivity index is 1.72. The van der Waals surface area contributed by atoms with Crippen LogP contribution in [-0.2, 0) is 0 Å². The van der Waals surface area contributed by atoms with Gasteiger partial charge < -0.3 is 15.3 Å². The van der Waals surface area contributed by atoms with Gasteiger partial charge in [0.15, 0.2) is 5.65 Å². The molecule has 2 unspecified atom stereocenters. The fourth-order valence-corrected chi connectivity index (χ4v) is 3.75. The number of nitrogens with one attached hydrogen (secondary N) is 1. The third kappa shape index (κ3) is 3.19. The lowest BCUT2D eigenvalue weighted by molar-refractivity contribution is 0.0893. The molecule has 1 fully saturated rings. The highest BCUT2D eigenvalue weighted by Gasteiger charge is 2.42. The number of aromatic nitrogens is 3. The summed E-state index contributed by atoms with van der Waals surface area (Å²) in [6.07, 6.45) is 4.43. The van der Waals surface area contributed by atoms with Crippen LogP contribution < -0.4 is 5.32 Å². The highest BCUT2D eigenvalue weighted by Crippen LogP contribution is 2.36. The van der Waals surface area contributed by atoms with Gasteiger partial charge in [0.05, 0.1) is 16.7 Å². The number of likely N-dealkylation sites (tertiary alicyclic amines) is 1. The third-order valence-corrected chi connectivity index (χ3v) is 5.13. The Morgan fingerprint density at radius 3 is 2.88 bits per heavy atom. The molecule has 130 valence electrons. The molecule has 0 spiro atoms. The first-order valence-corrected chi connectivity index (χ1v) is 8.81. The maximum atomic E-state index is 11.7. The summed E-state index contributed by atoms with van der Waals surface area (Å²) in [4.78, 5) is 17.9. The van der Waals surface area contributed by atoms with Gasteiger partial charge in [-0.05, 0) is 40.3 Å². The van der Waals surface area contributed by atoms with E-state index in [4.69, 9.17) is 0 Å². The largest absolute Gasteiger partial charge is 0.465 e. The Hall–Kier alpha value is -1.83. The van der Waals surface area contributed by atoms with E-state index in [2.05, 4.69) is 52.1 Å². The Kier molecular flexibility index (Phi) is 4.42. The van der Waals surface area contributed by atoms with Crippen molar-refractivity contribution in [2.75, 3.05) is 11.9 Å².